The average molecular weight is 411 g/mol. The fourth-order valence-electron chi connectivity index (χ4n) is 3.44. The van der Waals surface area contributed by atoms with Gasteiger partial charge in [0.15, 0.2) is 6.61 Å². The molecule has 0 spiro atoms. The highest BCUT2D eigenvalue weighted by atomic mass is 16.5. The van der Waals surface area contributed by atoms with E-state index in [1.54, 1.807) is 18.1 Å². The van der Waals surface area contributed by atoms with Gasteiger partial charge < -0.3 is 19.1 Å². The molecule has 3 rings (SSSR count). The molecule has 0 saturated carbocycles. The number of esters is 2. The van der Waals surface area contributed by atoms with Gasteiger partial charge in [0.05, 0.1) is 20.1 Å². The van der Waals surface area contributed by atoms with E-state index >= 15 is 0 Å². The molecule has 1 heterocycles. The van der Waals surface area contributed by atoms with Gasteiger partial charge in [-0.1, -0.05) is 18.2 Å². The average Bonchev–Trinajstić information content (AvgIpc) is 2.80. The first-order valence-corrected chi connectivity index (χ1v) is 9.78. The van der Waals surface area contributed by atoms with Gasteiger partial charge in [-0.3, -0.25) is 9.59 Å². The van der Waals surface area contributed by atoms with Crippen molar-refractivity contribution in [2.75, 3.05) is 33.9 Å². The van der Waals surface area contributed by atoms with Crippen molar-refractivity contribution in [3.8, 4) is 5.75 Å². The summed E-state index contributed by atoms with van der Waals surface area (Å²) in [6.45, 7) is 0.589. The number of benzene rings is 2. The van der Waals surface area contributed by atoms with Gasteiger partial charge in [0.2, 0.25) is 0 Å². The van der Waals surface area contributed by atoms with Crippen molar-refractivity contribution in [2.45, 2.75) is 12.8 Å². The normalized spacial score (nSPS) is 14.7. The Balaban J connectivity index is 1.48. The minimum Gasteiger partial charge on any atom is -0.497 e. The van der Waals surface area contributed by atoms with E-state index in [-0.39, 0.29) is 24.4 Å². The lowest BCUT2D eigenvalue weighted by molar-refractivity contribution is -0.151. The van der Waals surface area contributed by atoms with Crippen molar-refractivity contribution in [3.63, 3.8) is 0 Å². The van der Waals surface area contributed by atoms with Crippen LogP contribution in [0.25, 0.3) is 16.8 Å². The zero-order valence-electron chi connectivity index (χ0n) is 17.1. The maximum Gasteiger partial charge on any atom is 0.331 e. The predicted octanol–water partition coefficient (Wildman–Crippen LogP) is 2.82. The molecule has 0 aromatic heterocycles. The third kappa shape index (κ3) is 5.37. The van der Waals surface area contributed by atoms with Crippen LogP contribution < -0.4 is 4.74 Å². The number of fused-ring (bicyclic) bond motifs is 1. The van der Waals surface area contributed by atoms with Gasteiger partial charge in [-0.2, -0.15) is 0 Å². The van der Waals surface area contributed by atoms with Gasteiger partial charge in [0.25, 0.3) is 5.91 Å². The van der Waals surface area contributed by atoms with Gasteiger partial charge in [0, 0.05) is 19.2 Å². The lowest BCUT2D eigenvalue weighted by atomic mass is 9.97. The second-order valence-electron chi connectivity index (χ2n) is 7.09. The van der Waals surface area contributed by atoms with Crippen LogP contribution in [-0.2, 0) is 23.9 Å². The van der Waals surface area contributed by atoms with Crippen molar-refractivity contribution >= 4 is 34.7 Å². The molecule has 2 aromatic rings. The molecule has 0 aliphatic carbocycles. The summed E-state index contributed by atoms with van der Waals surface area (Å²) >= 11 is 0. The third-order valence-corrected chi connectivity index (χ3v) is 5.20. The molecule has 2 aromatic carbocycles. The summed E-state index contributed by atoms with van der Waals surface area (Å²) in [5.41, 5.74) is 0.848. The Morgan fingerprint density at radius 1 is 1.03 bits per heavy atom. The third-order valence-electron chi connectivity index (χ3n) is 5.20. The van der Waals surface area contributed by atoms with Crippen molar-refractivity contribution in [1.29, 1.82) is 0 Å². The molecule has 0 atom stereocenters. The Hall–Kier alpha value is -3.35. The van der Waals surface area contributed by atoms with Crippen LogP contribution in [0.2, 0.25) is 0 Å². The van der Waals surface area contributed by atoms with Crippen molar-refractivity contribution in [1.82, 2.24) is 4.90 Å². The van der Waals surface area contributed by atoms with Crippen LogP contribution in [0, 0.1) is 5.92 Å². The quantitative estimate of drug-likeness (QED) is 0.537. The first-order valence-electron chi connectivity index (χ1n) is 9.78. The monoisotopic (exact) mass is 411 g/mol. The maximum absolute atomic E-state index is 12.2. The molecular formula is C23H25NO6. The van der Waals surface area contributed by atoms with Crippen LogP contribution in [0.1, 0.15) is 18.4 Å². The number of hydrogen-bond donors (Lipinski definition) is 0. The topological polar surface area (TPSA) is 82.1 Å². The molecule has 158 valence electrons. The molecule has 7 nitrogen and oxygen atoms in total. The lowest BCUT2D eigenvalue weighted by Gasteiger charge is -2.30. The van der Waals surface area contributed by atoms with E-state index in [1.807, 2.05) is 36.4 Å². The highest BCUT2D eigenvalue weighted by Crippen LogP contribution is 2.22. The summed E-state index contributed by atoms with van der Waals surface area (Å²) in [6.07, 6.45) is 4.07. The van der Waals surface area contributed by atoms with E-state index in [9.17, 15) is 14.4 Å². The Morgan fingerprint density at radius 3 is 2.43 bits per heavy atom. The number of amides is 1. The second kappa shape index (κ2) is 9.91. The van der Waals surface area contributed by atoms with E-state index in [0.717, 1.165) is 22.1 Å². The minimum absolute atomic E-state index is 0.174. The highest BCUT2D eigenvalue weighted by molar-refractivity contribution is 5.91. The van der Waals surface area contributed by atoms with E-state index < -0.39 is 5.97 Å². The molecule has 1 aliphatic rings. The molecule has 1 amide bonds. The Kier molecular flexibility index (Phi) is 7.06. The molecule has 1 fully saturated rings. The smallest absolute Gasteiger partial charge is 0.331 e. The van der Waals surface area contributed by atoms with Gasteiger partial charge >= 0.3 is 11.9 Å². The summed E-state index contributed by atoms with van der Waals surface area (Å²) in [5.74, 6) is -0.477. The number of likely N-dealkylation sites (tertiary alicyclic amines) is 1. The van der Waals surface area contributed by atoms with E-state index in [4.69, 9.17) is 14.2 Å². The van der Waals surface area contributed by atoms with Gasteiger partial charge in [-0.15, -0.1) is 0 Å². The first-order chi connectivity index (χ1) is 14.5. The van der Waals surface area contributed by atoms with E-state index in [0.29, 0.717) is 25.9 Å². The van der Waals surface area contributed by atoms with Gasteiger partial charge in [0.1, 0.15) is 5.75 Å². The molecule has 30 heavy (non-hydrogen) atoms. The summed E-state index contributed by atoms with van der Waals surface area (Å²) in [6, 6.07) is 11.6. The number of ether oxygens (including phenoxy) is 3. The fourth-order valence-corrected chi connectivity index (χ4v) is 3.44. The minimum atomic E-state index is -0.581. The Labute approximate surface area is 175 Å². The zero-order chi connectivity index (χ0) is 21.5. The van der Waals surface area contributed by atoms with E-state index in [2.05, 4.69) is 0 Å². The molecule has 0 radical (unpaired) electrons. The van der Waals surface area contributed by atoms with Crippen molar-refractivity contribution in [2.24, 2.45) is 5.92 Å². The number of nitrogens with zero attached hydrogens (tertiary/aromatic N) is 1. The molecule has 7 heteroatoms. The molecule has 0 unspecified atom stereocenters. The number of carbonyl (C=O) groups is 3. The number of rotatable bonds is 6. The predicted molar refractivity (Wildman–Crippen MR) is 112 cm³/mol. The van der Waals surface area contributed by atoms with Crippen LogP contribution in [0.3, 0.4) is 0 Å². The largest absolute Gasteiger partial charge is 0.497 e. The zero-order valence-corrected chi connectivity index (χ0v) is 17.1. The fraction of sp³-hybridized carbons (Fsp3) is 0.348. The maximum atomic E-state index is 12.2. The molecule has 0 N–H and O–H groups in total. The molecule has 0 bridgehead atoms. The second-order valence-corrected chi connectivity index (χ2v) is 7.09. The first kappa shape index (κ1) is 21.4. The molecular weight excluding hydrogens is 386 g/mol. The van der Waals surface area contributed by atoms with Crippen LogP contribution >= 0.6 is 0 Å². The van der Waals surface area contributed by atoms with Crippen molar-refractivity contribution in [3.05, 3.63) is 48.0 Å². The summed E-state index contributed by atoms with van der Waals surface area (Å²) < 4.78 is 15.0. The number of hydrogen-bond acceptors (Lipinski definition) is 6. The summed E-state index contributed by atoms with van der Waals surface area (Å²) in [7, 11) is 2.99. The number of methoxy groups -OCH3 is 2. The molecule has 1 aliphatic heterocycles. The lowest BCUT2D eigenvalue weighted by Crippen LogP contribution is -2.42. The number of carbonyl (C=O) groups excluding carboxylic acids is 3. The van der Waals surface area contributed by atoms with Gasteiger partial charge in [-0.25, -0.2) is 4.79 Å². The standard InChI is InChI=1S/C23H25NO6/c1-28-20-7-6-18-13-16(3-5-19(18)14-20)4-8-22(26)30-15-21(25)24-11-9-17(10-12-24)23(27)29-2/h3-8,13-14,17H,9-12,15H2,1-2H3/b8-4+. The summed E-state index contributed by atoms with van der Waals surface area (Å²) in [4.78, 5) is 37.3. The summed E-state index contributed by atoms with van der Waals surface area (Å²) in [5, 5.41) is 2.06. The van der Waals surface area contributed by atoms with Crippen molar-refractivity contribution < 1.29 is 28.6 Å². The molecule has 1 saturated heterocycles. The van der Waals surface area contributed by atoms with Crippen LogP contribution in [0.15, 0.2) is 42.5 Å². The van der Waals surface area contributed by atoms with Gasteiger partial charge in [-0.05, 0) is 53.5 Å². The van der Waals surface area contributed by atoms with Crippen LogP contribution in [0.5, 0.6) is 5.75 Å². The van der Waals surface area contributed by atoms with Crippen LogP contribution in [0.4, 0.5) is 0 Å². The number of piperidine rings is 1. The SMILES string of the molecule is COC(=O)C1CCN(C(=O)COC(=O)/C=C/c2ccc3cc(OC)ccc3c2)CC1. The Bertz CT molecular complexity index is 959. The van der Waals surface area contributed by atoms with E-state index in [1.165, 1.54) is 13.2 Å². The Morgan fingerprint density at radius 2 is 1.73 bits per heavy atom. The van der Waals surface area contributed by atoms with Crippen LogP contribution in [-0.4, -0.2) is 56.7 Å². The highest BCUT2D eigenvalue weighted by Gasteiger charge is 2.28.